The Balaban J connectivity index is 1.50. The van der Waals surface area contributed by atoms with Crippen molar-refractivity contribution in [1.29, 1.82) is 0 Å². The number of ether oxygens (including phenoxy) is 2. The number of carbonyl (C=O) groups is 3. The van der Waals surface area contributed by atoms with Crippen LogP contribution in [-0.2, 0) is 24.5 Å². The highest BCUT2D eigenvalue weighted by Crippen LogP contribution is 2.59. The van der Waals surface area contributed by atoms with Gasteiger partial charge < -0.3 is 30.4 Å². The molecule has 0 spiro atoms. The lowest BCUT2D eigenvalue weighted by Crippen LogP contribution is -2.57. The number of benzene rings is 2. The first-order chi connectivity index (χ1) is 21.1. The summed E-state index contributed by atoms with van der Waals surface area (Å²) >= 11 is 0. The van der Waals surface area contributed by atoms with Crippen LogP contribution in [0, 0.1) is 11.3 Å². The van der Waals surface area contributed by atoms with E-state index in [0.29, 0.717) is 17.9 Å². The summed E-state index contributed by atoms with van der Waals surface area (Å²) < 4.78 is 10.6. The molecule has 1 unspecified atom stereocenters. The van der Waals surface area contributed by atoms with Gasteiger partial charge in [0.2, 0.25) is 11.8 Å². The van der Waals surface area contributed by atoms with Crippen molar-refractivity contribution >= 4 is 28.9 Å². The molecule has 0 radical (unpaired) electrons. The van der Waals surface area contributed by atoms with Crippen LogP contribution in [0.4, 0.5) is 4.79 Å². The lowest BCUT2D eigenvalue weighted by molar-refractivity contribution is -0.135. The van der Waals surface area contributed by atoms with Gasteiger partial charge in [-0.2, -0.15) is 0 Å². The fourth-order valence-corrected chi connectivity index (χ4v) is 6.50. The predicted octanol–water partition coefficient (Wildman–Crippen LogP) is 4.87. The molecule has 2 saturated carbocycles. The third-order valence-electron chi connectivity index (χ3n) is 9.65. The van der Waals surface area contributed by atoms with Crippen molar-refractivity contribution in [3.8, 4) is 0 Å². The van der Waals surface area contributed by atoms with Crippen LogP contribution in [0.15, 0.2) is 48.5 Å². The van der Waals surface area contributed by atoms with E-state index < -0.39 is 23.6 Å². The molecule has 1 aromatic heterocycles. The first kappa shape index (κ1) is 31.5. The van der Waals surface area contributed by atoms with Crippen LogP contribution < -0.4 is 16.0 Å². The summed E-state index contributed by atoms with van der Waals surface area (Å²) in [5.41, 5.74) is 2.20. The monoisotopic (exact) mass is 603 g/mol. The van der Waals surface area contributed by atoms with E-state index in [1.54, 1.807) is 7.11 Å². The van der Waals surface area contributed by atoms with Gasteiger partial charge in [-0.15, -0.1) is 0 Å². The van der Waals surface area contributed by atoms with Crippen molar-refractivity contribution in [2.24, 2.45) is 11.3 Å². The zero-order valence-electron chi connectivity index (χ0n) is 26.4. The molecular formula is C34H45N5O5. The molecule has 2 fully saturated rings. The first-order valence-corrected chi connectivity index (χ1v) is 15.6. The SMILES string of the molecule is CCNC(=O)[C@H](NC(=O)C(C)(COC)c1ccc2[nH]c([C@@H](NC(=O)OC)[C@H](c3ccccc3)C3(C)CC3)nc2c1)C1CCC1. The van der Waals surface area contributed by atoms with Gasteiger partial charge in [-0.25, -0.2) is 9.78 Å². The van der Waals surface area contributed by atoms with E-state index in [1.807, 2.05) is 50.2 Å². The molecule has 3 amide bonds. The van der Waals surface area contributed by atoms with E-state index in [9.17, 15) is 14.4 Å². The van der Waals surface area contributed by atoms with Crippen molar-refractivity contribution in [1.82, 2.24) is 25.9 Å². The fraction of sp³-hybridized carbons (Fsp3) is 0.529. The van der Waals surface area contributed by atoms with Crippen molar-refractivity contribution in [2.75, 3.05) is 27.4 Å². The van der Waals surface area contributed by atoms with E-state index in [1.165, 1.54) is 7.11 Å². The Morgan fingerprint density at radius 3 is 2.41 bits per heavy atom. The largest absolute Gasteiger partial charge is 0.453 e. The molecule has 0 saturated heterocycles. The molecule has 2 aliphatic rings. The second-order valence-corrected chi connectivity index (χ2v) is 12.8. The molecule has 2 aliphatic carbocycles. The molecule has 1 heterocycles. The summed E-state index contributed by atoms with van der Waals surface area (Å²) in [7, 11) is 2.92. The second-order valence-electron chi connectivity index (χ2n) is 12.8. The highest BCUT2D eigenvalue weighted by atomic mass is 16.5. The highest BCUT2D eigenvalue weighted by molar-refractivity contribution is 5.94. The maximum absolute atomic E-state index is 13.9. The number of aromatic amines is 1. The molecule has 4 N–H and O–H groups in total. The van der Waals surface area contributed by atoms with E-state index >= 15 is 0 Å². The summed E-state index contributed by atoms with van der Waals surface area (Å²) in [5.74, 6) is 0.278. The summed E-state index contributed by atoms with van der Waals surface area (Å²) in [6.45, 7) is 6.57. The minimum Gasteiger partial charge on any atom is -0.453 e. The quantitative estimate of drug-likeness (QED) is 0.220. The molecule has 5 rings (SSSR count). The second kappa shape index (κ2) is 13.0. The number of carbonyl (C=O) groups excluding carboxylic acids is 3. The summed E-state index contributed by atoms with van der Waals surface area (Å²) in [5, 5.41) is 9.00. The Kier molecular flexibility index (Phi) is 9.29. The third-order valence-corrected chi connectivity index (χ3v) is 9.65. The zero-order chi connectivity index (χ0) is 31.5. The molecule has 236 valence electrons. The van der Waals surface area contributed by atoms with E-state index in [-0.39, 0.29) is 35.7 Å². The Morgan fingerprint density at radius 2 is 1.82 bits per heavy atom. The molecule has 3 aromatic rings. The lowest BCUT2D eigenvalue weighted by Gasteiger charge is -2.36. The molecule has 0 bridgehead atoms. The molecule has 0 aliphatic heterocycles. The number of nitrogens with one attached hydrogen (secondary N) is 4. The molecule has 10 nitrogen and oxygen atoms in total. The minimum absolute atomic E-state index is 0.00660. The average molecular weight is 604 g/mol. The van der Waals surface area contributed by atoms with E-state index in [2.05, 4.69) is 40.0 Å². The Labute approximate surface area is 259 Å². The van der Waals surface area contributed by atoms with Gasteiger partial charge in [-0.05, 0) is 74.1 Å². The minimum atomic E-state index is -1.08. The lowest BCUT2D eigenvalue weighted by atomic mass is 9.77. The van der Waals surface area contributed by atoms with Crippen LogP contribution in [0.25, 0.3) is 11.0 Å². The number of methoxy groups -OCH3 is 2. The van der Waals surface area contributed by atoms with Gasteiger partial charge in [0.05, 0.1) is 36.2 Å². The normalized spacial score (nSPS) is 19.1. The van der Waals surface area contributed by atoms with Crippen LogP contribution in [0.1, 0.15) is 81.8 Å². The number of amides is 3. The van der Waals surface area contributed by atoms with Crippen molar-refractivity contribution in [3.05, 3.63) is 65.5 Å². The number of fused-ring (bicyclic) bond motifs is 1. The van der Waals surface area contributed by atoms with Crippen LogP contribution in [0.3, 0.4) is 0 Å². The Morgan fingerprint density at radius 1 is 1.09 bits per heavy atom. The van der Waals surface area contributed by atoms with Crippen molar-refractivity contribution in [3.63, 3.8) is 0 Å². The molecule has 4 atom stereocenters. The summed E-state index contributed by atoms with van der Waals surface area (Å²) in [6, 6.07) is 14.8. The van der Waals surface area contributed by atoms with Gasteiger partial charge in [-0.1, -0.05) is 49.7 Å². The molecule has 10 heteroatoms. The fourth-order valence-electron chi connectivity index (χ4n) is 6.50. The zero-order valence-corrected chi connectivity index (χ0v) is 26.4. The van der Waals surface area contributed by atoms with E-state index in [4.69, 9.17) is 14.5 Å². The van der Waals surface area contributed by atoms with Gasteiger partial charge in [0, 0.05) is 19.6 Å². The van der Waals surface area contributed by atoms with E-state index in [0.717, 1.165) is 48.7 Å². The molecular weight excluding hydrogens is 558 g/mol. The Bertz CT molecular complexity index is 1480. The predicted molar refractivity (Wildman–Crippen MR) is 168 cm³/mol. The third kappa shape index (κ3) is 6.31. The number of aromatic nitrogens is 2. The number of likely N-dealkylation sites (N-methyl/N-ethyl adjacent to an activating group) is 1. The average Bonchev–Trinajstić information content (AvgIpc) is 3.58. The van der Waals surface area contributed by atoms with Crippen molar-refractivity contribution < 1.29 is 23.9 Å². The summed E-state index contributed by atoms with van der Waals surface area (Å²) in [4.78, 5) is 47.9. The number of imidazole rings is 1. The number of nitrogens with zero attached hydrogens (tertiary/aromatic N) is 1. The van der Waals surface area contributed by atoms with Crippen LogP contribution >= 0.6 is 0 Å². The highest BCUT2D eigenvalue weighted by Gasteiger charge is 2.50. The van der Waals surface area contributed by atoms with Gasteiger partial charge >= 0.3 is 6.09 Å². The number of rotatable bonds is 13. The maximum Gasteiger partial charge on any atom is 0.407 e. The smallest absolute Gasteiger partial charge is 0.407 e. The molecule has 44 heavy (non-hydrogen) atoms. The van der Waals surface area contributed by atoms with Gasteiger partial charge in [0.25, 0.3) is 0 Å². The van der Waals surface area contributed by atoms with Crippen LogP contribution in [0.2, 0.25) is 0 Å². The number of alkyl carbamates (subject to hydrolysis) is 1. The Hall–Kier alpha value is -3.92. The van der Waals surface area contributed by atoms with Crippen molar-refractivity contribution in [2.45, 2.75) is 76.3 Å². The number of H-pyrrole nitrogens is 1. The van der Waals surface area contributed by atoms with Gasteiger partial charge in [0.1, 0.15) is 11.9 Å². The topological polar surface area (TPSA) is 134 Å². The van der Waals surface area contributed by atoms with Gasteiger partial charge in [0.15, 0.2) is 0 Å². The number of hydrogen-bond acceptors (Lipinski definition) is 6. The van der Waals surface area contributed by atoms with Gasteiger partial charge in [-0.3, -0.25) is 9.59 Å². The maximum atomic E-state index is 13.9. The molecule has 2 aromatic carbocycles. The number of hydrogen-bond donors (Lipinski definition) is 4. The summed E-state index contributed by atoms with van der Waals surface area (Å²) in [6.07, 6.45) is 4.43. The first-order valence-electron chi connectivity index (χ1n) is 15.6. The van der Waals surface area contributed by atoms with Crippen LogP contribution in [-0.4, -0.2) is 61.3 Å². The van der Waals surface area contributed by atoms with Crippen LogP contribution in [0.5, 0.6) is 0 Å². The standard InChI is InChI=1S/C34H45N5O5/c1-6-35-30(40)27(22-13-10-14-22)38-31(41)34(3,20-43-4)23-15-16-24-25(19-23)37-29(36-24)28(39-32(42)44-5)26(33(2)17-18-33)21-11-8-7-9-12-21/h7-9,11-12,15-16,19,22,26-28H,6,10,13-14,17-18,20H2,1-5H3,(H,35,40)(H,36,37)(H,38,41)(H,39,42)/t26-,27+,28-,34?/m0/s1.